The summed E-state index contributed by atoms with van der Waals surface area (Å²) >= 11 is 0. The monoisotopic (exact) mass is 127 g/mol. The quantitative estimate of drug-likeness (QED) is 0.595. The van der Waals surface area contributed by atoms with Crippen molar-refractivity contribution in [2.45, 2.75) is 33.7 Å². The first kappa shape index (κ1) is 8.96. The van der Waals surface area contributed by atoms with Crippen LogP contribution in [0, 0.1) is 12.3 Å². The normalized spacial score (nSPS) is 15.7. The van der Waals surface area contributed by atoms with Crippen LogP contribution in [0.4, 0.5) is 0 Å². The van der Waals surface area contributed by atoms with Crippen LogP contribution in [0.1, 0.15) is 27.7 Å². The molecular weight excluding hydrogens is 110 g/mol. The Morgan fingerprint density at radius 3 is 2.00 bits per heavy atom. The zero-order valence-corrected chi connectivity index (χ0v) is 6.86. The lowest BCUT2D eigenvalue weighted by molar-refractivity contribution is 0.294. The molecule has 1 atom stereocenters. The highest BCUT2D eigenvalue weighted by Crippen LogP contribution is 2.17. The molecule has 1 heteroatoms. The van der Waals surface area contributed by atoms with E-state index in [9.17, 15) is 0 Å². The van der Waals surface area contributed by atoms with Crippen LogP contribution in [-0.2, 0) is 0 Å². The second-order valence-corrected chi connectivity index (χ2v) is 3.50. The summed E-state index contributed by atoms with van der Waals surface area (Å²) in [7, 11) is 0. The fourth-order valence-corrected chi connectivity index (χ4v) is 0.483. The number of hydrogen-bond donors (Lipinski definition) is 1. The van der Waals surface area contributed by atoms with Crippen molar-refractivity contribution in [1.82, 2.24) is 5.32 Å². The van der Waals surface area contributed by atoms with Crippen molar-refractivity contribution in [3.63, 3.8) is 0 Å². The van der Waals surface area contributed by atoms with Crippen LogP contribution >= 0.6 is 0 Å². The molecule has 9 heavy (non-hydrogen) atoms. The summed E-state index contributed by atoms with van der Waals surface area (Å²) in [6.07, 6.45) is 0. The summed E-state index contributed by atoms with van der Waals surface area (Å²) in [6, 6.07) is 0.488. The first-order valence-corrected chi connectivity index (χ1v) is 3.42. The molecule has 0 bridgehead atoms. The summed E-state index contributed by atoms with van der Waals surface area (Å²) < 4.78 is 0. The van der Waals surface area contributed by atoms with Gasteiger partial charge in [-0.3, -0.25) is 0 Å². The van der Waals surface area contributed by atoms with E-state index in [2.05, 4.69) is 33.0 Å². The fourth-order valence-electron chi connectivity index (χ4n) is 0.483. The van der Waals surface area contributed by atoms with Gasteiger partial charge in [0.1, 0.15) is 0 Å². The predicted molar refractivity (Wildman–Crippen MR) is 41.2 cm³/mol. The van der Waals surface area contributed by atoms with Gasteiger partial charge in [0.05, 0.1) is 0 Å². The van der Waals surface area contributed by atoms with E-state index in [-0.39, 0.29) is 0 Å². The average Bonchev–Trinajstić information content (AvgIpc) is 1.64. The van der Waals surface area contributed by atoms with Crippen LogP contribution in [0.15, 0.2) is 0 Å². The van der Waals surface area contributed by atoms with Gasteiger partial charge >= 0.3 is 0 Å². The van der Waals surface area contributed by atoms with Crippen molar-refractivity contribution in [2.24, 2.45) is 5.41 Å². The van der Waals surface area contributed by atoms with E-state index in [1.807, 2.05) is 0 Å². The van der Waals surface area contributed by atoms with Gasteiger partial charge < -0.3 is 5.32 Å². The third-order valence-electron chi connectivity index (χ3n) is 1.72. The maximum absolute atomic E-state index is 5.32. The second-order valence-electron chi connectivity index (χ2n) is 3.50. The van der Waals surface area contributed by atoms with Gasteiger partial charge in [-0.2, -0.15) is 0 Å². The molecule has 0 saturated carbocycles. The Morgan fingerprint density at radius 2 is 1.89 bits per heavy atom. The molecule has 0 fully saturated rings. The highest BCUT2D eigenvalue weighted by molar-refractivity contribution is 4.75. The summed E-state index contributed by atoms with van der Waals surface area (Å²) in [5.74, 6) is 0. The molecule has 0 aromatic heterocycles. The van der Waals surface area contributed by atoms with Gasteiger partial charge in [-0.05, 0) is 25.8 Å². The Bertz CT molecular complexity index is 71.1. The highest BCUT2D eigenvalue weighted by Gasteiger charge is 2.17. The Balaban J connectivity index is 3.59. The maximum Gasteiger partial charge on any atom is 0.00873 e. The van der Waals surface area contributed by atoms with Gasteiger partial charge in [-0.15, -0.1) is 0 Å². The molecule has 1 nitrogen and oxygen atoms in total. The minimum atomic E-state index is 0.319. The Morgan fingerprint density at radius 1 is 1.44 bits per heavy atom. The topological polar surface area (TPSA) is 12.0 Å². The van der Waals surface area contributed by atoms with E-state index in [4.69, 9.17) is 6.92 Å². The molecule has 0 aliphatic carbocycles. The van der Waals surface area contributed by atoms with Crippen molar-refractivity contribution in [3.05, 3.63) is 6.92 Å². The van der Waals surface area contributed by atoms with Crippen molar-refractivity contribution in [1.29, 1.82) is 0 Å². The molecule has 0 spiro atoms. The first-order valence-electron chi connectivity index (χ1n) is 3.42. The van der Waals surface area contributed by atoms with E-state index in [1.165, 1.54) is 0 Å². The molecule has 1 N–H and O–H groups in total. The minimum Gasteiger partial charge on any atom is -0.313 e. The molecule has 0 aliphatic rings. The molecule has 0 aromatic carbocycles. The fraction of sp³-hybridized carbons (Fsp3) is 0.875. The lowest BCUT2D eigenvalue weighted by Crippen LogP contribution is -2.37. The zero-order valence-electron chi connectivity index (χ0n) is 6.86. The largest absolute Gasteiger partial charge is 0.313 e. The molecular formula is C8H17N. The molecule has 0 rings (SSSR count). The van der Waals surface area contributed by atoms with Crippen LogP contribution in [0.25, 0.3) is 0 Å². The van der Waals surface area contributed by atoms with Crippen molar-refractivity contribution < 1.29 is 0 Å². The van der Waals surface area contributed by atoms with Crippen molar-refractivity contribution in [2.75, 3.05) is 6.54 Å². The molecule has 0 aliphatic heterocycles. The van der Waals surface area contributed by atoms with E-state index < -0.39 is 0 Å². The van der Waals surface area contributed by atoms with E-state index in [0.717, 1.165) is 0 Å². The Kier molecular flexibility index (Phi) is 3.20. The minimum absolute atomic E-state index is 0.319. The van der Waals surface area contributed by atoms with Crippen LogP contribution in [0.2, 0.25) is 0 Å². The van der Waals surface area contributed by atoms with Crippen molar-refractivity contribution in [3.8, 4) is 0 Å². The lowest BCUT2D eigenvalue weighted by Gasteiger charge is -2.27. The zero-order chi connectivity index (χ0) is 7.49. The molecule has 54 valence electrons. The van der Waals surface area contributed by atoms with Crippen LogP contribution < -0.4 is 5.32 Å². The third kappa shape index (κ3) is 3.52. The lowest BCUT2D eigenvalue weighted by atomic mass is 9.88. The summed E-state index contributed by atoms with van der Waals surface area (Å²) in [6.45, 7) is 14.6. The van der Waals surface area contributed by atoms with Gasteiger partial charge in [-0.1, -0.05) is 20.8 Å². The molecule has 2 radical (unpaired) electrons. The SMILES string of the molecule is [CH]CNC(C)C(C)(C)C. The second kappa shape index (κ2) is 3.21. The standard InChI is InChI=1S/C8H17N/c1-6-9-7(2)8(3,4)5/h1,7,9H,6H2,2-5H3. The van der Waals surface area contributed by atoms with E-state index >= 15 is 0 Å². The summed E-state index contributed by atoms with van der Waals surface area (Å²) in [5.41, 5.74) is 0.319. The molecule has 0 aromatic rings. The molecule has 0 saturated heterocycles. The van der Waals surface area contributed by atoms with Crippen LogP contribution in [0.5, 0.6) is 0 Å². The predicted octanol–water partition coefficient (Wildman–Crippen LogP) is 1.72. The van der Waals surface area contributed by atoms with Gasteiger partial charge in [-0.25, -0.2) is 0 Å². The first-order chi connectivity index (χ1) is 3.98. The molecule has 0 amide bonds. The Labute approximate surface area is 58.8 Å². The number of hydrogen-bond acceptors (Lipinski definition) is 1. The summed E-state index contributed by atoms with van der Waals surface area (Å²) in [5, 5.41) is 3.16. The number of rotatable bonds is 2. The van der Waals surface area contributed by atoms with Gasteiger partial charge in [0.25, 0.3) is 0 Å². The van der Waals surface area contributed by atoms with Gasteiger partial charge in [0.2, 0.25) is 0 Å². The maximum atomic E-state index is 5.32. The van der Waals surface area contributed by atoms with E-state index in [1.54, 1.807) is 0 Å². The van der Waals surface area contributed by atoms with E-state index in [0.29, 0.717) is 18.0 Å². The highest BCUT2D eigenvalue weighted by atomic mass is 14.9. The smallest absolute Gasteiger partial charge is 0.00873 e. The number of nitrogens with one attached hydrogen (secondary N) is 1. The Hall–Kier alpha value is -0.0400. The third-order valence-corrected chi connectivity index (χ3v) is 1.72. The average molecular weight is 127 g/mol. The summed E-state index contributed by atoms with van der Waals surface area (Å²) in [4.78, 5) is 0. The van der Waals surface area contributed by atoms with Crippen LogP contribution in [0.3, 0.4) is 0 Å². The molecule has 0 heterocycles. The van der Waals surface area contributed by atoms with Gasteiger partial charge in [0, 0.05) is 6.04 Å². The van der Waals surface area contributed by atoms with Gasteiger partial charge in [0.15, 0.2) is 0 Å². The van der Waals surface area contributed by atoms with Crippen LogP contribution in [-0.4, -0.2) is 12.6 Å². The van der Waals surface area contributed by atoms with Crippen molar-refractivity contribution >= 4 is 0 Å². The molecule has 1 unspecified atom stereocenters.